The molecule has 0 atom stereocenters. The van der Waals surface area contributed by atoms with E-state index in [9.17, 15) is 35.9 Å². The number of ether oxygens (including phenoxy) is 1. The number of hydrogen-bond acceptors (Lipinski definition) is 4. The summed E-state index contributed by atoms with van der Waals surface area (Å²) in [4.78, 5) is 28.3. The van der Waals surface area contributed by atoms with E-state index in [4.69, 9.17) is 4.74 Å². The first-order valence-electron chi connectivity index (χ1n) is 10.1. The van der Waals surface area contributed by atoms with E-state index in [1.165, 1.54) is 23.1 Å². The van der Waals surface area contributed by atoms with E-state index in [0.717, 1.165) is 0 Å². The van der Waals surface area contributed by atoms with Crippen LogP contribution in [0.1, 0.15) is 27.9 Å². The maximum atomic E-state index is 13.1. The lowest BCUT2D eigenvalue weighted by Gasteiger charge is -2.30. The fraction of sp³-hybridized carbons (Fsp3) is 0.364. The number of carbonyl (C=O) groups is 2. The Hall–Kier alpha value is -3.28. The van der Waals surface area contributed by atoms with Gasteiger partial charge in [0.25, 0.3) is 11.8 Å². The Morgan fingerprint density at radius 1 is 1.03 bits per heavy atom. The van der Waals surface area contributed by atoms with Gasteiger partial charge in [0.1, 0.15) is 5.75 Å². The average Bonchev–Trinajstić information content (AvgIpc) is 2.73. The molecule has 2 aromatic rings. The molecule has 1 aliphatic heterocycles. The van der Waals surface area contributed by atoms with Gasteiger partial charge >= 0.3 is 12.4 Å². The van der Waals surface area contributed by atoms with Crippen molar-refractivity contribution in [1.29, 1.82) is 0 Å². The molecule has 1 N–H and O–H groups in total. The second-order valence-electron chi connectivity index (χ2n) is 7.92. The zero-order chi connectivity index (χ0) is 25.3. The molecule has 184 valence electrons. The molecule has 2 amide bonds. The van der Waals surface area contributed by atoms with E-state index in [-0.39, 0.29) is 24.3 Å². The third-order valence-electron chi connectivity index (χ3n) is 5.00. The van der Waals surface area contributed by atoms with Gasteiger partial charge in [-0.15, -0.1) is 0 Å². The quantitative estimate of drug-likeness (QED) is 0.600. The number of benzene rings is 2. The Morgan fingerprint density at radius 3 is 2.21 bits per heavy atom. The minimum Gasteiger partial charge on any atom is -0.482 e. The summed E-state index contributed by atoms with van der Waals surface area (Å²) in [6.45, 7) is 0.881. The molecule has 1 heterocycles. The number of halogens is 6. The Labute approximate surface area is 191 Å². The number of fused-ring (bicyclic) bond motifs is 1. The van der Waals surface area contributed by atoms with E-state index in [1.807, 2.05) is 19.0 Å². The number of amides is 2. The second kappa shape index (κ2) is 9.53. The first kappa shape index (κ1) is 25.3. The molecule has 3 rings (SSSR count). The molecule has 0 bridgehead atoms. The highest BCUT2D eigenvalue weighted by atomic mass is 19.4. The molecule has 6 nitrogen and oxygen atoms in total. The van der Waals surface area contributed by atoms with Gasteiger partial charge in [0.05, 0.1) is 16.8 Å². The fourth-order valence-electron chi connectivity index (χ4n) is 3.36. The predicted octanol–water partition coefficient (Wildman–Crippen LogP) is 4.65. The molecule has 0 spiro atoms. The molecule has 0 saturated heterocycles. The van der Waals surface area contributed by atoms with Crippen LogP contribution in [0.4, 0.5) is 37.7 Å². The molecular formula is C22H21F6N3O3. The van der Waals surface area contributed by atoms with Crippen LogP contribution in [0.5, 0.6) is 5.75 Å². The topological polar surface area (TPSA) is 61.9 Å². The summed E-state index contributed by atoms with van der Waals surface area (Å²) in [7, 11) is 3.75. The second-order valence-corrected chi connectivity index (χ2v) is 7.92. The first-order valence-corrected chi connectivity index (χ1v) is 10.1. The molecule has 1 aliphatic rings. The molecule has 0 aromatic heterocycles. The van der Waals surface area contributed by atoms with Crippen molar-refractivity contribution in [3.05, 3.63) is 53.1 Å². The van der Waals surface area contributed by atoms with E-state index in [1.54, 1.807) is 0 Å². The molecule has 2 aromatic carbocycles. The number of nitrogens with one attached hydrogen (secondary N) is 1. The Morgan fingerprint density at radius 2 is 1.65 bits per heavy atom. The molecule has 0 saturated carbocycles. The number of nitrogens with zero attached hydrogens (tertiary/aromatic N) is 2. The van der Waals surface area contributed by atoms with Crippen molar-refractivity contribution in [1.82, 2.24) is 4.90 Å². The lowest BCUT2D eigenvalue weighted by atomic mass is 10.0. The molecular weight excluding hydrogens is 468 g/mol. The van der Waals surface area contributed by atoms with Gasteiger partial charge in [-0.05, 0) is 63.5 Å². The maximum absolute atomic E-state index is 13.1. The van der Waals surface area contributed by atoms with Gasteiger partial charge < -0.3 is 19.9 Å². The molecule has 0 unspecified atom stereocenters. The highest BCUT2D eigenvalue weighted by molar-refractivity contribution is 6.05. The van der Waals surface area contributed by atoms with Crippen LogP contribution in [0, 0.1) is 0 Å². The first-order chi connectivity index (χ1) is 15.8. The predicted molar refractivity (Wildman–Crippen MR) is 112 cm³/mol. The van der Waals surface area contributed by atoms with Crippen molar-refractivity contribution in [2.45, 2.75) is 18.8 Å². The zero-order valence-electron chi connectivity index (χ0n) is 18.2. The maximum Gasteiger partial charge on any atom is 0.416 e. The van der Waals surface area contributed by atoms with E-state index in [0.29, 0.717) is 43.1 Å². The van der Waals surface area contributed by atoms with Crippen LogP contribution in [0.3, 0.4) is 0 Å². The molecule has 0 fully saturated rings. The van der Waals surface area contributed by atoms with Gasteiger partial charge in [0, 0.05) is 17.8 Å². The summed E-state index contributed by atoms with van der Waals surface area (Å²) < 4.78 is 83.9. The van der Waals surface area contributed by atoms with Crippen LogP contribution < -0.4 is 15.0 Å². The van der Waals surface area contributed by atoms with E-state index in [2.05, 4.69) is 5.32 Å². The highest BCUT2D eigenvalue weighted by Crippen LogP contribution is 2.37. The van der Waals surface area contributed by atoms with Crippen molar-refractivity contribution in [2.24, 2.45) is 0 Å². The fourth-order valence-corrected chi connectivity index (χ4v) is 3.36. The number of hydrogen-bond donors (Lipinski definition) is 1. The van der Waals surface area contributed by atoms with Crippen molar-refractivity contribution in [2.75, 3.05) is 44.0 Å². The van der Waals surface area contributed by atoms with Gasteiger partial charge in [-0.25, -0.2) is 0 Å². The lowest BCUT2D eigenvalue weighted by molar-refractivity contribution is -0.143. The third-order valence-corrected chi connectivity index (χ3v) is 5.00. The molecule has 34 heavy (non-hydrogen) atoms. The SMILES string of the molecule is CN(C)CCCN1C(=O)COc2ccc(NC(=O)c3cc(C(F)(F)F)cc(C(F)(F)F)c3)cc21. The van der Waals surface area contributed by atoms with Gasteiger partial charge in [-0.3, -0.25) is 9.59 Å². The van der Waals surface area contributed by atoms with Crippen molar-refractivity contribution >= 4 is 23.2 Å². The summed E-state index contributed by atoms with van der Waals surface area (Å²) in [5, 5.41) is 2.30. The largest absolute Gasteiger partial charge is 0.482 e. The Bertz CT molecular complexity index is 1050. The molecule has 0 aliphatic carbocycles. The number of alkyl halides is 6. The Balaban J connectivity index is 1.88. The van der Waals surface area contributed by atoms with E-state index < -0.39 is 35.0 Å². The van der Waals surface area contributed by atoms with Crippen molar-refractivity contribution in [3.8, 4) is 5.75 Å². The Kier molecular flexibility index (Phi) is 7.10. The van der Waals surface area contributed by atoms with Gasteiger partial charge in [0.15, 0.2) is 6.61 Å². The normalized spacial score (nSPS) is 14.1. The number of rotatable bonds is 6. The van der Waals surface area contributed by atoms with Crippen LogP contribution in [-0.4, -0.2) is 50.5 Å². The van der Waals surface area contributed by atoms with Gasteiger partial charge in [0.2, 0.25) is 0 Å². The monoisotopic (exact) mass is 489 g/mol. The average molecular weight is 489 g/mol. The highest BCUT2D eigenvalue weighted by Gasteiger charge is 2.37. The zero-order valence-corrected chi connectivity index (χ0v) is 18.2. The standard InChI is InChI=1S/C22H21F6N3O3/c1-30(2)6-3-7-31-17-11-16(4-5-18(17)34-12-19(31)32)29-20(33)13-8-14(21(23,24)25)10-15(9-13)22(26,27)28/h4-5,8-11H,3,6-7,12H2,1-2H3,(H,29,33). The van der Waals surface area contributed by atoms with Crippen molar-refractivity contribution in [3.63, 3.8) is 0 Å². The van der Waals surface area contributed by atoms with Gasteiger partial charge in [-0.1, -0.05) is 0 Å². The summed E-state index contributed by atoms with van der Waals surface area (Å²) in [6, 6.07) is 4.88. The number of anilines is 2. The van der Waals surface area contributed by atoms with E-state index >= 15 is 0 Å². The minimum absolute atomic E-state index is 0.0514. The smallest absolute Gasteiger partial charge is 0.416 e. The summed E-state index contributed by atoms with van der Waals surface area (Å²) in [5.74, 6) is -1.12. The minimum atomic E-state index is -5.08. The summed E-state index contributed by atoms with van der Waals surface area (Å²) in [6.07, 6.45) is -9.51. The van der Waals surface area contributed by atoms with Crippen LogP contribution in [0.2, 0.25) is 0 Å². The summed E-state index contributed by atoms with van der Waals surface area (Å²) >= 11 is 0. The van der Waals surface area contributed by atoms with Gasteiger partial charge in [-0.2, -0.15) is 26.3 Å². The van der Waals surface area contributed by atoms with Crippen LogP contribution in [0.15, 0.2) is 36.4 Å². The van der Waals surface area contributed by atoms with Crippen LogP contribution in [-0.2, 0) is 17.1 Å². The van der Waals surface area contributed by atoms with Crippen LogP contribution in [0.25, 0.3) is 0 Å². The number of carbonyl (C=O) groups excluding carboxylic acids is 2. The van der Waals surface area contributed by atoms with Crippen molar-refractivity contribution < 1.29 is 40.7 Å². The summed E-state index contributed by atoms with van der Waals surface area (Å²) in [5.41, 5.74) is -3.58. The van der Waals surface area contributed by atoms with Crippen LogP contribution >= 0.6 is 0 Å². The molecule has 12 heteroatoms. The molecule has 0 radical (unpaired) electrons. The lowest BCUT2D eigenvalue weighted by Crippen LogP contribution is -2.40. The third kappa shape index (κ3) is 5.99.